The van der Waals surface area contributed by atoms with E-state index in [9.17, 15) is 15.0 Å². The third kappa shape index (κ3) is 1.74. The molecule has 28 heavy (non-hydrogen) atoms. The van der Waals surface area contributed by atoms with Crippen molar-refractivity contribution in [2.24, 2.45) is 17.3 Å². The number of hydrogen-bond acceptors (Lipinski definition) is 5. The Labute approximate surface area is 165 Å². The molecule has 5 heteroatoms. The lowest BCUT2D eigenvalue weighted by Gasteiger charge is -2.64. The SMILES string of the molecule is CC[C@]12C3C(=O)[C@@]3(O)C[C@@]13CCN(CC1CC1)[C@@H]2[C@H](O)c1ccc(OC)cc13. The Morgan fingerprint density at radius 2 is 2.11 bits per heavy atom. The van der Waals surface area contributed by atoms with Crippen LogP contribution in [-0.4, -0.2) is 52.7 Å². The monoisotopic (exact) mass is 383 g/mol. The normalized spacial score (nSPS) is 46.0. The minimum atomic E-state index is -1.20. The van der Waals surface area contributed by atoms with Gasteiger partial charge in [0.2, 0.25) is 0 Å². The lowest BCUT2D eigenvalue weighted by molar-refractivity contribution is -0.141. The van der Waals surface area contributed by atoms with E-state index in [-0.39, 0.29) is 23.2 Å². The molecule has 6 atom stereocenters. The van der Waals surface area contributed by atoms with Crippen molar-refractivity contribution in [1.82, 2.24) is 4.90 Å². The number of fused-ring (bicyclic) bond motifs is 2. The second kappa shape index (κ2) is 5.18. The van der Waals surface area contributed by atoms with Gasteiger partial charge in [-0.1, -0.05) is 13.0 Å². The Morgan fingerprint density at radius 3 is 2.79 bits per heavy atom. The molecule has 1 unspecified atom stereocenters. The van der Waals surface area contributed by atoms with Gasteiger partial charge in [0.15, 0.2) is 5.78 Å². The zero-order valence-electron chi connectivity index (χ0n) is 16.6. The smallest absolute Gasteiger partial charge is 0.172 e. The van der Waals surface area contributed by atoms with Crippen molar-refractivity contribution in [3.8, 4) is 5.75 Å². The van der Waals surface area contributed by atoms with Crippen LogP contribution in [0.1, 0.15) is 56.3 Å². The molecule has 0 aromatic heterocycles. The molecule has 2 bridgehead atoms. The maximum atomic E-state index is 12.8. The fourth-order valence-corrected chi connectivity index (χ4v) is 7.72. The Bertz CT molecular complexity index is 881. The van der Waals surface area contributed by atoms with Gasteiger partial charge in [-0.05, 0) is 67.8 Å². The first kappa shape index (κ1) is 17.4. The van der Waals surface area contributed by atoms with Crippen molar-refractivity contribution in [3.05, 3.63) is 29.3 Å². The fraction of sp³-hybridized carbons (Fsp3) is 0.696. The highest BCUT2D eigenvalue weighted by Crippen LogP contribution is 2.78. The molecular weight excluding hydrogens is 354 g/mol. The van der Waals surface area contributed by atoms with Crippen LogP contribution in [0.5, 0.6) is 5.75 Å². The number of carbonyl (C=O) groups excluding carboxylic acids is 1. The number of Topliss-reactive ketones (excluding diaryl/α,β-unsaturated/α-hetero) is 1. The first-order valence-electron chi connectivity index (χ1n) is 10.8. The summed E-state index contributed by atoms with van der Waals surface area (Å²) >= 11 is 0. The lowest BCUT2D eigenvalue weighted by Crippen LogP contribution is -2.68. The van der Waals surface area contributed by atoms with Gasteiger partial charge in [-0.15, -0.1) is 0 Å². The van der Waals surface area contributed by atoms with Crippen LogP contribution in [0.4, 0.5) is 0 Å². The largest absolute Gasteiger partial charge is 0.497 e. The van der Waals surface area contributed by atoms with Gasteiger partial charge in [0.05, 0.1) is 19.1 Å². The molecule has 5 nitrogen and oxygen atoms in total. The van der Waals surface area contributed by atoms with E-state index in [1.165, 1.54) is 12.8 Å². The van der Waals surface area contributed by atoms with Gasteiger partial charge in [-0.3, -0.25) is 9.69 Å². The Morgan fingerprint density at radius 1 is 1.32 bits per heavy atom. The molecule has 2 N–H and O–H groups in total. The van der Waals surface area contributed by atoms with Crippen LogP contribution in [0.15, 0.2) is 18.2 Å². The van der Waals surface area contributed by atoms with Crippen LogP contribution in [0, 0.1) is 17.3 Å². The van der Waals surface area contributed by atoms with Crippen LogP contribution in [0.3, 0.4) is 0 Å². The third-order valence-corrected chi connectivity index (χ3v) is 8.98. The summed E-state index contributed by atoms with van der Waals surface area (Å²) in [5.41, 5.74) is 0.215. The first-order chi connectivity index (χ1) is 13.4. The lowest BCUT2D eigenvalue weighted by atomic mass is 9.46. The highest BCUT2D eigenvalue weighted by atomic mass is 16.5. The second-order valence-corrected chi connectivity index (χ2v) is 9.91. The zero-order valence-corrected chi connectivity index (χ0v) is 16.6. The average Bonchev–Trinajstić information content (AvgIpc) is 3.58. The molecular formula is C23H29NO4. The van der Waals surface area contributed by atoms with Gasteiger partial charge in [0.1, 0.15) is 11.4 Å². The van der Waals surface area contributed by atoms with Crippen molar-refractivity contribution >= 4 is 5.78 Å². The Hall–Kier alpha value is -1.43. The number of nitrogens with zero attached hydrogens (tertiary/aromatic N) is 1. The van der Waals surface area contributed by atoms with Crippen molar-refractivity contribution in [2.75, 3.05) is 20.2 Å². The summed E-state index contributed by atoms with van der Waals surface area (Å²) < 4.78 is 5.51. The van der Waals surface area contributed by atoms with Crippen LogP contribution in [0.25, 0.3) is 0 Å². The zero-order chi connectivity index (χ0) is 19.5. The predicted molar refractivity (Wildman–Crippen MR) is 103 cm³/mol. The van der Waals surface area contributed by atoms with Crippen molar-refractivity contribution in [2.45, 2.75) is 62.2 Å². The molecule has 1 aromatic carbocycles. The second-order valence-electron chi connectivity index (χ2n) is 9.91. The molecule has 1 heterocycles. The maximum absolute atomic E-state index is 12.8. The highest BCUT2D eigenvalue weighted by molar-refractivity contribution is 6.09. The van der Waals surface area contributed by atoms with Gasteiger partial charge < -0.3 is 14.9 Å². The highest BCUT2D eigenvalue weighted by Gasteiger charge is 2.87. The van der Waals surface area contributed by atoms with Crippen LogP contribution in [-0.2, 0) is 10.2 Å². The van der Waals surface area contributed by atoms with E-state index in [0.29, 0.717) is 6.42 Å². The maximum Gasteiger partial charge on any atom is 0.172 e. The molecule has 150 valence electrons. The van der Waals surface area contributed by atoms with Gasteiger partial charge in [0.25, 0.3) is 0 Å². The van der Waals surface area contributed by atoms with E-state index in [2.05, 4.69) is 17.9 Å². The Kier molecular flexibility index (Phi) is 3.23. The standard InChI is InChI=1S/C23H29NO4/c1-3-22-18-20(26)23(18,27)12-21(22)8-9-24(11-13-4-5-13)19(22)17(25)15-7-6-14(28-2)10-16(15)21/h6-7,10,13,17-19,25,27H,3-5,8-9,11-12H2,1-2H3/t17-,18?,19-,21-,22-,23-/m1/s1. The van der Waals surface area contributed by atoms with Crippen LogP contribution >= 0.6 is 0 Å². The summed E-state index contributed by atoms with van der Waals surface area (Å²) in [6.07, 6.45) is 4.13. The van der Waals surface area contributed by atoms with E-state index >= 15 is 0 Å². The predicted octanol–water partition coefficient (Wildman–Crippen LogP) is 2.19. The van der Waals surface area contributed by atoms with Crippen LogP contribution < -0.4 is 4.74 Å². The first-order valence-corrected chi connectivity index (χ1v) is 10.8. The summed E-state index contributed by atoms with van der Waals surface area (Å²) in [5, 5.41) is 22.9. The summed E-state index contributed by atoms with van der Waals surface area (Å²) in [5.74, 6) is 1.16. The minimum absolute atomic E-state index is 0.00166. The number of ketones is 1. The molecule has 0 radical (unpaired) electrons. The minimum Gasteiger partial charge on any atom is -0.497 e. The number of rotatable bonds is 4. The molecule has 6 rings (SSSR count). The molecule has 0 spiro atoms. The number of carbonyl (C=O) groups is 1. The van der Waals surface area contributed by atoms with E-state index in [1.807, 2.05) is 12.1 Å². The average molecular weight is 383 g/mol. The summed E-state index contributed by atoms with van der Waals surface area (Å²) in [4.78, 5) is 15.2. The molecule has 4 aliphatic carbocycles. The fourth-order valence-electron chi connectivity index (χ4n) is 7.72. The number of aliphatic hydroxyl groups is 2. The molecule has 4 fully saturated rings. The third-order valence-electron chi connectivity index (χ3n) is 8.98. The van der Waals surface area contributed by atoms with Gasteiger partial charge in [0, 0.05) is 23.4 Å². The number of ether oxygens (including phenoxy) is 1. The van der Waals surface area contributed by atoms with E-state index in [0.717, 1.165) is 48.7 Å². The van der Waals surface area contributed by atoms with Crippen LogP contribution in [0.2, 0.25) is 0 Å². The summed E-state index contributed by atoms with van der Waals surface area (Å²) in [7, 11) is 1.66. The number of methoxy groups -OCH3 is 1. The number of hydrogen-bond donors (Lipinski definition) is 2. The Balaban J connectivity index is 1.60. The van der Waals surface area contributed by atoms with E-state index in [1.54, 1.807) is 7.11 Å². The number of likely N-dealkylation sites (tertiary alicyclic amines) is 1. The quantitative estimate of drug-likeness (QED) is 0.834. The van der Waals surface area contributed by atoms with Gasteiger partial charge >= 0.3 is 0 Å². The van der Waals surface area contributed by atoms with Crippen molar-refractivity contribution in [3.63, 3.8) is 0 Å². The summed E-state index contributed by atoms with van der Waals surface area (Å²) in [6.45, 7) is 4.08. The molecule has 1 aliphatic heterocycles. The summed E-state index contributed by atoms with van der Waals surface area (Å²) in [6, 6.07) is 5.89. The van der Waals surface area contributed by atoms with E-state index in [4.69, 9.17) is 4.74 Å². The van der Waals surface area contributed by atoms with Gasteiger partial charge in [-0.25, -0.2) is 0 Å². The molecule has 5 aliphatic rings. The number of piperidine rings is 1. The van der Waals surface area contributed by atoms with Gasteiger partial charge in [-0.2, -0.15) is 0 Å². The molecule has 3 saturated carbocycles. The molecule has 1 saturated heterocycles. The van der Waals surface area contributed by atoms with Crippen molar-refractivity contribution < 1.29 is 19.7 Å². The molecule has 0 amide bonds. The number of aliphatic hydroxyl groups excluding tert-OH is 1. The van der Waals surface area contributed by atoms with Crippen molar-refractivity contribution in [1.29, 1.82) is 0 Å². The molecule has 1 aromatic rings. The van der Waals surface area contributed by atoms with E-state index < -0.39 is 17.1 Å². The topological polar surface area (TPSA) is 70.0 Å². The number of benzene rings is 1.